The molecule has 3 rings (SSSR count). The predicted molar refractivity (Wildman–Crippen MR) is 111 cm³/mol. The SMILES string of the molecule is CC(C)[C@@H]1C(=O)N(S(C)(=O)=O)[C@@H]2CCN(C(=O)C3CN(CC(C)(C)C)C3)[C@H]21.Cl. The Morgan fingerprint density at radius 3 is 2.25 bits per heavy atom. The molecule has 9 heteroatoms. The van der Waals surface area contributed by atoms with Crippen LogP contribution in [0.5, 0.6) is 0 Å². The number of sulfonamides is 1. The van der Waals surface area contributed by atoms with Gasteiger partial charge < -0.3 is 9.80 Å². The number of halogens is 1. The van der Waals surface area contributed by atoms with E-state index >= 15 is 0 Å². The zero-order valence-corrected chi connectivity index (χ0v) is 19.3. The molecule has 0 aromatic carbocycles. The van der Waals surface area contributed by atoms with Crippen molar-refractivity contribution in [2.75, 3.05) is 32.4 Å². The highest BCUT2D eigenvalue weighted by molar-refractivity contribution is 7.88. The van der Waals surface area contributed by atoms with Crippen LogP contribution in [-0.2, 0) is 19.6 Å². The molecule has 3 atom stereocenters. The van der Waals surface area contributed by atoms with Crippen LogP contribution >= 0.6 is 12.4 Å². The molecule has 0 N–H and O–H groups in total. The Morgan fingerprint density at radius 2 is 1.79 bits per heavy atom. The first-order chi connectivity index (χ1) is 12.3. The van der Waals surface area contributed by atoms with Gasteiger partial charge in [-0.2, -0.15) is 0 Å². The Balaban J connectivity index is 0.00000280. The van der Waals surface area contributed by atoms with Crippen molar-refractivity contribution in [3.63, 3.8) is 0 Å². The molecule has 2 amide bonds. The molecule has 0 saturated carbocycles. The number of hydrogen-bond acceptors (Lipinski definition) is 5. The molecule has 7 nitrogen and oxygen atoms in total. The van der Waals surface area contributed by atoms with Gasteiger partial charge in [-0.1, -0.05) is 34.6 Å². The minimum Gasteiger partial charge on any atom is -0.336 e. The summed E-state index contributed by atoms with van der Waals surface area (Å²) in [4.78, 5) is 30.1. The van der Waals surface area contributed by atoms with Crippen LogP contribution in [0.4, 0.5) is 0 Å². The summed E-state index contributed by atoms with van der Waals surface area (Å²) in [6.07, 6.45) is 1.63. The van der Waals surface area contributed by atoms with E-state index in [0.717, 1.165) is 30.2 Å². The summed E-state index contributed by atoms with van der Waals surface area (Å²) in [5.41, 5.74) is 0.198. The molecule has 0 unspecified atom stereocenters. The van der Waals surface area contributed by atoms with Gasteiger partial charge in [0.25, 0.3) is 0 Å². The molecule has 0 radical (unpaired) electrons. The van der Waals surface area contributed by atoms with E-state index in [1.807, 2.05) is 18.7 Å². The Morgan fingerprint density at radius 1 is 1.21 bits per heavy atom. The lowest BCUT2D eigenvalue weighted by molar-refractivity contribution is -0.144. The highest BCUT2D eigenvalue weighted by atomic mass is 35.5. The van der Waals surface area contributed by atoms with Gasteiger partial charge in [0.1, 0.15) is 0 Å². The van der Waals surface area contributed by atoms with Crippen molar-refractivity contribution in [3.8, 4) is 0 Å². The van der Waals surface area contributed by atoms with Gasteiger partial charge in [-0.25, -0.2) is 12.7 Å². The van der Waals surface area contributed by atoms with Gasteiger partial charge in [0.15, 0.2) is 0 Å². The van der Waals surface area contributed by atoms with E-state index in [1.165, 1.54) is 0 Å². The molecule has 28 heavy (non-hydrogen) atoms. The van der Waals surface area contributed by atoms with Crippen molar-refractivity contribution in [1.29, 1.82) is 0 Å². The largest absolute Gasteiger partial charge is 0.336 e. The van der Waals surface area contributed by atoms with Crippen molar-refractivity contribution < 1.29 is 18.0 Å². The smallest absolute Gasteiger partial charge is 0.241 e. The maximum atomic E-state index is 13.1. The summed E-state index contributed by atoms with van der Waals surface area (Å²) in [6.45, 7) is 13.4. The first-order valence-electron chi connectivity index (χ1n) is 9.87. The van der Waals surface area contributed by atoms with Gasteiger partial charge in [-0.15, -0.1) is 12.4 Å². The summed E-state index contributed by atoms with van der Waals surface area (Å²) < 4.78 is 25.5. The monoisotopic (exact) mass is 435 g/mol. The van der Waals surface area contributed by atoms with Crippen LogP contribution in [0, 0.1) is 23.2 Å². The number of fused-ring (bicyclic) bond motifs is 1. The quantitative estimate of drug-likeness (QED) is 0.667. The summed E-state index contributed by atoms with van der Waals surface area (Å²) in [7, 11) is -3.62. The van der Waals surface area contributed by atoms with Gasteiger partial charge in [0.05, 0.1) is 30.2 Å². The van der Waals surface area contributed by atoms with Crippen LogP contribution in [0.3, 0.4) is 0 Å². The topological polar surface area (TPSA) is 78.0 Å². The molecular weight excluding hydrogens is 402 g/mol. The van der Waals surface area contributed by atoms with Gasteiger partial charge in [0, 0.05) is 26.2 Å². The molecule has 3 heterocycles. The first kappa shape index (κ1) is 23.4. The van der Waals surface area contributed by atoms with E-state index in [1.54, 1.807) is 0 Å². The Bertz CT molecular complexity index is 728. The number of amides is 2. The Labute approximate surface area is 175 Å². The number of nitrogens with zero attached hydrogens (tertiary/aromatic N) is 3. The minimum absolute atomic E-state index is 0. The molecule has 0 bridgehead atoms. The van der Waals surface area contributed by atoms with Gasteiger partial charge in [-0.3, -0.25) is 9.59 Å². The maximum absolute atomic E-state index is 13.1. The number of rotatable bonds is 4. The molecule has 162 valence electrons. The van der Waals surface area contributed by atoms with E-state index in [2.05, 4.69) is 25.7 Å². The third-order valence-electron chi connectivity index (χ3n) is 5.95. The number of carbonyl (C=O) groups is 2. The first-order valence-corrected chi connectivity index (χ1v) is 11.7. The molecule has 0 aromatic rings. The fourth-order valence-corrected chi connectivity index (χ4v) is 6.22. The highest BCUT2D eigenvalue weighted by Gasteiger charge is 2.59. The van der Waals surface area contributed by atoms with Crippen LogP contribution in [0.15, 0.2) is 0 Å². The fourth-order valence-electron chi connectivity index (χ4n) is 5.05. The second-order valence-corrected chi connectivity index (χ2v) is 11.9. The maximum Gasteiger partial charge on any atom is 0.241 e. The second kappa shape index (κ2) is 7.76. The van der Waals surface area contributed by atoms with E-state index in [0.29, 0.717) is 13.0 Å². The van der Waals surface area contributed by atoms with Crippen molar-refractivity contribution >= 4 is 34.2 Å². The molecule has 3 saturated heterocycles. The van der Waals surface area contributed by atoms with E-state index in [4.69, 9.17) is 0 Å². The molecule has 3 fully saturated rings. The van der Waals surface area contributed by atoms with E-state index in [-0.39, 0.29) is 47.5 Å². The number of hydrogen-bond donors (Lipinski definition) is 0. The average molecular weight is 436 g/mol. The van der Waals surface area contributed by atoms with Crippen molar-refractivity contribution in [2.24, 2.45) is 23.2 Å². The van der Waals surface area contributed by atoms with Crippen LogP contribution < -0.4 is 0 Å². The molecule has 0 aliphatic carbocycles. The van der Waals surface area contributed by atoms with Crippen molar-refractivity contribution in [3.05, 3.63) is 0 Å². The van der Waals surface area contributed by atoms with E-state index < -0.39 is 22.0 Å². The zero-order valence-electron chi connectivity index (χ0n) is 17.7. The molecule has 0 spiro atoms. The summed E-state index contributed by atoms with van der Waals surface area (Å²) >= 11 is 0. The summed E-state index contributed by atoms with van der Waals surface area (Å²) in [5.74, 6) is -0.753. The van der Waals surface area contributed by atoms with Crippen LogP contribution in [-0.4, -0.2) is 78.9 Å². The standard InChI is InChI=1S/C19H33N3O4S.ClH/c1-12(2)15-16-14(22(18(15)24)27(6,25)26)7-8-21(16)17(23)13-9-20(10-13)11-19(3,4)5;/h12-16H,7-11H2,1-6H3;1H/t14-,15+,16-;/m1./s1. The average Bonchev–Trinajstić information content (AvgIpc) is 2.95. The molecule has 0 aromatic heterocycles. The molecule has 3 aliphatic heterocycles. The Kier molecular flexibility index (Phi) is 6.49. The van der Waals surface area contributed by atoms with Crippen molar-refractivity contribution in [2.45, 2.75) is 53.1 Å². The van der Waals surface area contributed by atoms with Crippen LogP contribution in [0.2, 0.25) is 0 Å². The fraction of sp³-hybridized carbons (Fsp3) is 0.895. The van der Waals surface area contributed by atoms with Crippen LogP contribution in [0.1, 0.15) is 41.0 Å². The van der Waals surface area contributed by atoms with Crippen LogP contribution in [0.25, 0.3) is 0 Å². The second-order valence-electron chi connectivity index (χ2n) is 10.00. The lowest BCUT2D eigenvalue weighted by atomic mass is 9.87. The number of carbonyl (C=O) groups excluding carboxylic acids is 2. The van der Waals surface area contributed by atoms with E-state index in [9.17, 15) is 18.0 Å². The molecule has 3 aliphatic rings. The minimum atomic E-state index is -3.62. The Hall–Kier alpha value is -0.860. The lowest BCUT2D eigenvalue weighted by Gasteiger charge is -2.44. The lowest BCUT2D eigenvalue weighted by Crippen LogP contribution is -2.57. The normalized spacial score (nSPS) is 29.1. The number of likely N-dealkylation sites (tertiary alicyclic amines) is 2. The highest BCUT2D eigenvalue weighted by Crippen LogP contribution is 2.42. The third-order valence-corrected chi connectivity index (χ3v) is 7.12. The third kappa shape index (κ3) is 4.19. The summed E-state index contributed by atoms with van der Waals surface area (Å²) in [5, 5.41) is 0. The zero-order chi connectivity index (χ0) is 20.3. The van der Waals surface area contributed by atoms with Gasteiger partial charge >= 0.3 is 0 Å². The van der Waals surface area contributed by atoms with Gasteiger partial charge in [-0.05, 0) is 17.8 Å². The summed E-state index contributed by atoms with van der Waals surface area (Å²) in [6, 6.07) is -0.731. The molecular formula is C19H34ClN3O4S. The van der Waals surface area contributed by atoms with Crippen molar-refractivity contribution in [1.82, 2.24) is 14.1 Å². The van der Waals surface area contributed by atoms with Gasteiger partial charge in [0.2, 0.25) is 21.8 Å². The predicted octanol–water partition coefficient (Wildman–Crippen LogP) is 1.43.